The van der Waals surface area contributed by atoms with Crippen LogP contribution >= 0.6 is 15.9 Å². The Labute approximate surface area is 104 Å². The number of nitrogens with one attached hydrogen (secondary N) is 1. The van der Waals surface area contributed by atoms with Crippen LogP contribution in [-0.4, -0.2) is 29.6 Å². The molecule has 0 aromatic carbocycles. The second-order valence-electron chi connectivity index (χ2n) is 3.83. The van der Waals surface area contributed by atoms with Gasteiger partial charge in [-0.2, -0.15) is 0 Å². The van der Waals surface area contributed by atoms with Crippen LogP contribution in [0.25, 0.3) is 0 Å². The van der Waals surface area contributed by atoms with E-state index in [9.17, 15) is 0 Å². The van der Waals surface area contributed by atoms with Crippen LogP contribution in [0.1, 0.15) is 12.8 Å². The van der Waals surface area contributed by atoms with Gasteiger partial charge < -0.3 is 10.2 Å². The Hall–Kier alpha value is -1.10. The molecule has 1 aromatic rings. The molecule has 0 atom stereocenters. The molecule has 86 valence electrons. The van der Waals surface area contributed by atoms with Crippen LogP contribution in [0.5, 0.6) is 0 Å². The fraction of sp³-hybridized carbons (Fsp3) is 0.455. The van der Waals surface area contributed by atoms with E-state index in [0.29, 0.717) is 6.54 Å². The lowest BCUT2D eigenvalue weighted by atomic mass is 10.4. The first kappa shape index (κ1) is 11.4. The largest absolute Gasteiger partial charge is 0.365 e. The molecule has 0 saturated carbocycles. The summed E-state index contributed by atoms with van der Waals surface area (Å²) < 4.78 is 0.911. The van der Waals surface area contributed by atoms with E-state index in [-0.39, 0.29) is 0 Å². The Kier molecular flexibility index (Phi) is 3.77. The molecule has 5 heteroatoms. The van der Waals surface area contributed by atoms with Gasteiger partial charge in [-0.25, -0.2) is 9.97 Å². The summed E-state index contributed by atoms with van der Waals surface area (Å²) in [5, 5.41) is 3.18. The fourth-order valence-electron chi connectivity index (χ4n) is 1.75. The standard InChI is InChI=1S/C11H15BrN4/c1-9(12)7-13-10-6-11(15-8-14-10)16-4-2-3-5-16/h6,8H,1-5,7H2,(H,13,14,15). The maximum absolute atomic E-state index is 4.29. The molecule has 2 heterocycles. The Morgan fingerprint density at radius 3 is 2.88 bits per heavy atom. The van der Waals surface area contributed by atoms with Crippen molar-refractivity contribution >= 4 is 27.6 Å². The van der Waals surface area contributed by atoms with Crippen LogP contribution in [0.4, 0.5) is 11.6 Å². The SMILES string of the molecule is C=C(Br)CNc1cc(N2CCCC2)ncn1. The monoisotopic (exact) mass is 282 g/mol. The predicted octanol–water partition coefficient (Wildman–Crippen LogP) is 2.40. The van der Waals surface area contributed by atoms with Gasteiger partial charge in [0.05, 0.1) is 0 Å². The van der Waals surface area contributed by atoms with Crippen molar-refractivity contribution in [3.63, 3.8) is 0 Å². The van der Waals surface area contributed by atoms with Gasteiger partial charge in [0.1, 0.15) is 18.0 Å². The van der Waals surface area contributed by atoms with Crippen molar-refractivity contribution in [2.24, 2.45) is 0 Å². The number of hydrogen-bond acceptors (Lipinski definition) is 4. The smallest absolute Gasteiger partial charge is 0.134 e. The minimum atomic E-state index is 0.677. The summed E-state index contributed by atoms with van der Waals surface area (Å²) in [6.07, 6.45) is 4.11. The third-order valence-electron chi connectivity index (χ3n) is 2.54. The minimum Gasteiger partial charge on any atom is -0.365 e. The second kappa shape index (κ2) is 5.30. The van der Waals surface area contributed by atoms with Gasteiger partial charge in [0.2, 0.25) is 0 Å². The zero-order valence-corrected chi connectivity index (χ0v) is 10.7. The molecule has 16 heavy (non-hydrogen) atoms. The minimum absolute atomic E-state index is 0.677. The molecule has 2 rings (SSSR count). The van der Waals surface area contributed by atoms with Gasteiger partial charge in [0, 0.05) is 30.2 Å². The number of anilines is 2. The molecule has 0 unspecified atom stereocenters. The molecule has 0 radical (unpaired) electrons. The molecule has 0 spiro atoms. The van der Waals surface area contributed by atoms with E-state index in [0.717, 1.165) is 29.2 Å². The van der Waals surface area contributed by atoms with Crippen LogP contribution in [0, 0.1) is 0 Å². The summed E-state index contributed by atoms with van der Waals surface area (Å²) in [7, 11) is 0. The highest BCUT2D eigenvalue weighted by atomic mass is 79.9. The highest BCUT2D eigenvalue weighted by Gasteiger charge is 2.13. The van der Waals surface area contributed by atoms with Crippen LogP contribution in [0.3, 0.4) is 0 Å². The topological polar surface area (TPSA) is 41.0 Å². The number of rotatable bonds is 4. The van der Waals surface area contributed by atoms with Crippen molar-refractivity contribution in [3.05, 3.63) is 23.5 Å². The van der Waals surface area contributed by atoms with E-state index in [1.54, 1.807) is 6.33 Å². The molecular weight excluding hydrogens is 268 g/mol. The van der Waals surface area contributed by atoms with Crippen LogP contribution in [0.2, 0.25) is 0 Å². The first-order valence-corrected chi connectivity index (χ1v) is 6.19. The molecule has 1 fully saturated rings. The van der Waals surface area contributed by atoms with E-state index in [2.05, 4.69) is 42.7 Å². The number of nitrogens with zero attached hydrogens (tertiary/aromatic N) is 3. The van der Waals surface area contributed by atoms with Gasteiger partial charge in [0.25, 0.3) is 0 Å². The van der Waals surface area contributed by atoms with Gasteiger partial charge in [-0.05, 0) is 12.8 Å². The van der Waals surface area contributed by atoms with Crippen molar-refractivity contribution in [2.75, 3.05) is 29.9 Å². The predicted molar refractivity (Wildman–Crippen MR) is 70.0 cm³/mol. The first-order valence-electron chi connectivity index (χ1n) is 5.40. The van der Waals surface area contributed by atoms with Crippen LogP contribution in [0.15, 0.2) is 23.5 Å². The Morgan fingerprint density at radius 2 is 2.19 bits per heavy atom. The van der Waals surface area contributed by atoms with Gasteiger partial charge in [-0.3, -0.25) is 0 Å². The summed E-state index contributed by atoms with van der Waals surface area (Å²) in [6, 6.07) is 1.99. The van der Waals surface area contributed by atoms with Crippen LogP contribution < -0.4 is 10.2 Å². The third-order valence-corrected chi connectivity index (χ3v) is 2.82. The molecule has 1 aromatic heterocycles. The number of hydrogen-bond donors (Lipinski definition) is 1. The van der Waals surface area contributed by atoms with Gasteiger partial charge >= 0.3 is 0 Å². The molecular formula is C11H15BrN4. The highest BCUT2D eigenvalue weighted by molar-refractivity contribution is 9.11. The van der Waals surface area contributed by atoms with E-state index in [1.165, 1.54) is 12.8 Å². The summed E-state index contributed by atoms with van der Waals surface area (Å²) in [6.45, 7) is 6.65. The fourth-order valence-corrected chi connectivity index (χ4v) is 1.89. The Bertz CT molecular complexity index is 374. The Morgan fingerprint density at radius 1 is 1.44 bits per heavy atom. The molecule has 4 nitrogen and oxygen atoms in total. The van der Waals surface area contributed by atoms with Crippen molar-refractivity contribution < 1.29 is 0 Å². The molecule has 0 amide bonds. The van der Waals surface area contributed by atoms with E-state index in [4.69, 9.17) is 0 Å². The number of aromatic nitrogens is 2. The van der Waals surface area contributed by atoms with Gasteiger partial charge in [0.15, 0.2) is 0 Å². The molecule has 1 saturated heterocycles. The van der Waals surface area contributed by atoms with Gasteiger partial charge in [-0.1, -0.05) is 22.5 Å². The summed E-state index contributed by atoms with van der Waals surface area (Å²) in [4.78, 5) is 10.7. The van der Waals surface area contributed by atoms with Crippen molar-refractivity contribution in [3.8, 4) is 0 Å². The molecule has 0 aliphatic carbocycles. The third kappa shape index (κ3) is 2.95. The quantitative estimate of drug-likeness (QED) is 0.921. The Balaban J connectivity index is 2.03. The molecule has 1 N–H and O–H groups in total. The van der Waals surface area contributed by atoms with Crippen molar-refractivity contribution in [1.29, 1.82) is 0 Å². The summed E-state index contributed by atoms with van der Waals surface area (Å²) in [5.74, 6) is 1.85. The summed E-state index contributed by atoms with van der Waals surface area (Å²) >= 11 is 3.31. The second-order valence-corrected chi connectivity index (χ2v) is 4.95. The zero-order valence-electron chi connectivity index (χ0n) is 9.12. The lowest BCUT2D eigenvalue weighted by molar-refractivity contribution is 0.927. The van der Waals surface area contributed by atoms with E-state index in [1.807, 2.05) is 6.07 Å². The normalized spacial score (nSPS) is 15.2. The average molecular weight is 283 g/mol. The summed E-state index contributed by atoms with van der Waals surface area (Å²) in [5.41, 5.74) is 0. The van der Waals surface area contributed by atoms with Gasteiger partial charge in [-0.15, -0.1) is 0 Å². The average Bonchev–Trinajstić information content (AvgIpc) is 2.80. The highest BCUT2D eigenvalue weighted by Crippen LogP contribution is 2.19. The maximum atomic E-state index is 4.29. The van der Waals surface area contributed by atoms with Crippen molar-refractivity contribution in [1.82, 2.24) is 9.97 Å². The lowest BCUT2D eigenvalue weighted by Crippen LogP contribution is -2.19. The molecule has 1 aliphatic heterocycles. The maximum Gasteiger partial charge on any atom is 0.134 e. The van der Waals surface area contributed by atoms with Crippen LogP contribution in [-0.2, 0) is 0 Å². The number of halogens is 1. The lowest BCUT2D eigenvalue weighted by Gasteiger charge is -2.16. The van der Waals surface area contributed by atoms with E-state index < -0.39 is 0 Å². The first-order chi connectivity index (χ1) is 7.75. The molecule has 1 aliphatic rings. The zero-order chi connectivity index (χ0) is 11.4. The van der Waals surface area contributed by atoms with Crippen molar-refractivity contribution in [2.45, 2.75) is 12.8 Å². The molecule has 0 bridgehead atoms. The van der Waals surface area contributed by atoms with E-state index >= 15 is 0 Å².